The molecule has 0 spiro atoms. The maximum absolute atomic E-state index is 11.1. The quantitative estimate of drug-likeness (QED) is 0.763. The molecule has 3 aromatic rings. The summed E-state index contributed by atoms with van der Waals surface area (Å²) in [5.74, 6) is -0.926. The molecule has 0 saturated carbocycles. The van der Waals surface area contributed by atoms with Gasteiger partial charge in [0, 0.05) is 18.0 Å². The number of nitrogens with zero attached hydrogens (tertiary/aromatic N) is 2. The van der Waals surface area contributed by atoms with Crippen LogP contribution in [0.25, 0.3) is 22.2 Å². The number of aryl methyl sites for hydroxylation is 1. The second-order valence-electron chi connectivity index (χ2n) is 4.38. The summed E-state index contributed by atoms with van der Waals surface area (Å²) >= 11 is 0. The van der Waals surface area contributed by atoms with Crippen molar-refractivity contribution in [2.45, 2.75) is 0 Å². The molecule has 0 radical (unpaired) electrons. The molecule has 0 saturated heterocycles. The van der Waals surface area contributed by atoms with Crippen molar-refractivity contribution in [1.29, 1.82) is 0 Å². The first kappa shape index (κ1) is 11.5. The fraction of sp³-hybridized carbons (Fsp3) is 0.0667. The zero-order valence-corrected chi connectivity index (χ0v) is 10.4. The summed E-state index contributed by atoms with van der Waals surface area (Å²) in [5, 5.41) is 14.4. The molecule has 94 valence electrons. The first-order valence-corrected chi connectivity index (χ1v) is 5.92. The summed E-state index contributed by atoms with van der Waals surface area (Å²) in [5.41, 5.74) is 2.98. The summed E-state index contributed by atoms with van der Waals surface area (Å²) in [4.78, 5) is 11.1. The Bertz CT molecular complexity index is 760. The van der Waals surface area contributed by atoms with Crippen molar-refractivity contribution in [1.82, 2.24) is 9.78 Å². The van der Waals surface area contributed by atoms with Gasteiger partial charge in [-0.2, -0.15) is 5.10 Å². The van der Waals surface area contributed by atoms with Gasteiger partial charge in [0.15, 0.2) is 0 Å². The average molecular weight is 252 g/mol. The third kappa shape index (κ3) is 1.87. The molecule has 0 unspecified atom stereocenters. The van der Waals surface area contributed by atoms with Crippen LogP contribution >= 0.6 is 0 Å². The molecule has 3 rings (SSSR count). The second-order valence-corrected chi connectivity index (χ2v) is 4.38. The average Bonchev–Trinajstić information content (AvgIpc) is 2.77. The number of hydrogen-bond acceptors (Lipinski definition) is 2. The van der Waals surface area contributed by atoms with Crippen molar-refractivity contribution in [3.8, 4) is 11.3 Å². The minimum atomic E-state index is -0.926. The number of aromatic nitrogens is 2. The van der Waals surface area contributed by atoms with Gasteiger partial charge in [0.25, 0.3) is 0 Å². The van der Waals surface area contributed by atoms with E-state index >= 15 is 0 Å². The Morgan fingerprint density at radius 1 is 1.16 bits per heavy atom. The molecule has 0 aliphatic carbocycles. The van der Waals surface area contributed by atoms with E-state index in [1.165, 1.54) is 0 Å². The van der Waals surface area contributed by atoms with Crippen LogP contribution in [-0.2, 0) is 7.05 Å². The van der Waals surface area contributed by atoms with Crippen LogP contribution in [0.1, 0.15) is 10.4 Å². The third-order valence-corrected chi connectivity index (χ3v) is 3.14. The van der Waals surface area contributed by atoms with Gasteiger partial charge in [-0.15, -0.1) is 0 Å². The monoisotopic (exact) mass is 252 g/mol. The first-order valence-electron chi connectivity index (χ1n) is 5.92. The van der Waals surface area contributed by atoms with E-state index in [4.69, 9.17) is 5.11 Å². The van der Waals surface area contributed by atoms with Crippen LogP contribution in [0.15, 0.2) is 48.5 Å². The lowest BCUT2D eigenvalue weighted by molar-refractivity contribution is 0.0697. The van der Waals surface area contributed by atoms with Crippen LogP contribution in [0.2, 0.25) is 0 Å². The number of benzene rings is 2. The molecule has 4 heteroatoms. The van der Waals surface area contributed by atoms with Gasteiger partial charge in [0.1, 0.15) is 5.69 Å². The van der Waals surface area contributed by atoms with Crippen LogP contribution in [0, 0.1) is 0 Å². The van der Waals surface area contributed by atoms with E-state index < -0.39 is 5.97 Å². The number of carboxylic acid groups (broad SMARTS) is 1. The molecule has 1 heterocycles. The van der Waals surface area contributed by atoms with Crippen LogP contribution in [0.3, 0.4) is 0 Å². The summed E-state index contributed by atoms with van der Waals surface area (Å²) < 4.78 is 1.77. The number of hydrogen-bond donors (Lipinski definition) is 1. The Kier molecular flexibility index (Phi) is 2.56. The van der Waals surface area contributed by atoms with E-state index in [2.05, 4.69) is 5.10 Å². The van der Waals surface area contributed by atoms with Gasteiger partial charge >= 0.3 is 5.97 Å². The van der Waals surface area contributed by atoms with E-state index in [0.29, 0.717) is 0 Å². The molecule has 0 atom stereocenters. The molecule has 0 amide bonds. The van der Waals surface area contributed by atoms with Crippen LogP contribution in [-0.4, -0.2) is 20.9 Å². The number of carbonyl (C=O) groups is 1. The van der Waals surface area contributed by atoms with Crippen LogP contribution in [0.5, 0.6) is 0 Å². The summed E-state index contributed by atoms with van der Waals surface area (Å²) in [7, 11) is 1.86. The van der Waals surface area contributed by atoms with Gasteiger partial charge in [0.05, 0.1) is 11.1 Å². The zero-order chi connectivity index (χ0) is 13.4. The van der Waals surface area contributed by atoms with Crippen molar-refractivity contribution in [2.75, 3.05) is 0 Å². The van der Waals surface area contributed by atoms with Gasteiger partial charge in [-0.25, -0.2) is 4.79 Å². The lowest BCUT2D eigenvalue weighted by Gasteiger charge is -1.98. The molecule has 0 fully saturated rings. The predicted octanol–water partition coefficient (Wildman–Crippen LogP) is 2.94. The number of aromatic carboxylic acids is 1. The highest BCUT2D eigenvalue weighted by Crippen LogP contribution is 2.28. The topological polar surface area (TPSA) is 55.1 Å². The SMILES string of the molecule is Cn1nc(-c2ccccc2)c2cc(C(=O)O)ccc21. The molecule has 1 aromatic heterocycles. The molecule has 0 bridgehead atoms. The highest BCUT2D eigenvalue weighted by atomic mass is 16.4. The third-order valence-electron chi connectivity index (χ3n) is 3.14. The molecule has 1 N–H and O–H groups in total. The minimum absolute atomic E-state index is 0.276. The predicted molar refractivity (Wildman–Crippen MR) is 73.1 cm³/mol. The van der Waals surface area contributed by atoms with Crippen molar-refractivity contribution in [3.05, 3.63) is 54.1 Å². The first-order chi connectivity index (χ1) is 9.16. The second kappa shape index (κ2) is 4.24. The number of fused-ring (bicyclic) bond motifs is 1. The standard InChI is InChI=1S/C15H12N2O2/c1-17-13-8-7-11(15(18)19)9-12(13)14(16-17)10-5-3-2-4-6-10/h2-9H,1H3,(H,18,19). The Morgan fingerprint density at radius 3 is 2.58 bits per heavy atom. The van der Waals surface area contributed by atoms with Crippen LogP contribution in [0.4, 0.5) is 0 Å². The zero-order valence-electron chi connectivity index (χ0n) is 10.4. The lowest BCUT2D eigenvalue weighted by atomic mass is 10.1. The maximum Gasteiger partial charge on any atom is 0.335 e. The molecule has 19 heavy (non-hydrogen) atoms. The summed E-state index contributed by atoms with van der Waals surface area (Å²) in [6.45, 7) is 0. The fourth-order valence-electron chi connectivity index (χ4n) is 2.21. The van der Waals surface area contributed by atoms with E-state index in [9.17, 15) is 4.79 Å². The Hall–Kier alpha value is -2.62. The highest BCUT2D eigenvalue weighted by molar-refractivity contribution is 5.99. The van der Waals surface area contributed by atoms with Gasteiger partial charge in [0.2, 0.25) is 0 Å². The van der Waals surface area contributed by atoms with Crippen LogP contribution < -0.4 is 0 Å². The smallest absolute Gasteiger partial charge is 0.335 e. The van der Waals surface area contributed by atoms with Crippen molar-refractivity contribution >= 4 is 16.9 Å². The maximum atomic E-state index is 11.1. The van der Waals surface area contributed by atoms with Gasteiger partial charge in [-0.05, 0) is 18.2 Å². The van der Waals surface area contributed by atoms with Crippen molar-refractivity contribution in [2.24, 2.45) is 7.05 Å². The normalized spacial score (nSPS) is 10.8. The molecule has 0 aliphatic rings. The van der Waals surface area contributed by atoms with Gasteiger partial charge in [-0.1, -0.05) is 30.3 Å². The van der Waals surface area contributed by atoms with E-state index in [-0.39, 0.29) is 5.56 Å². The summed E-state index contributed by atoms with van der Waals surface area (Å²) in [6.07, 6.45) is 0. The van der Waals surface area contributed by atoms with Gasteiger partial charge in [-0.3, -0.25) is 4.68 Å². The van der Waals surface area contributed by atoms with Crippen molar-refractivity contribution < 1.29 is 9.90 Å². The minimum Gasteiger partial charge on any atom is -0.478 e. The number of carboxylic acids is 1. The van der Waals surface area contributed by atoms with Crippen molar-refractivity contribution in [3.63, 3.8) is 0 Å². The van der Waals surface area contributed by atoms with Gasteiger partial charge < -0.3 is 5.11 Å². The Balaban J connectivity index is 2.30. The Labute approximate surface area is 109 Å². The molecule has 2 aromatic carbocycles. The number of rotatable bonds is 2. The largest absolute Gasteiger partial charge is 0.478 e. The fourth-order valence-corrected chi connectivity index (χ4v) is 2.21. The molecule has 4 nitrogen and oxygen atoms in total. The summed E-state index contributed by atoms with van der Waals surface area (Å²) in [6, 6.07) is 14.8. The lowest BCUT2D eigenvalue weighted by Crippen LogP contribution is -1.95. The van der Waals surface area contributed by atoms with E-state index in [1.807, 2.05) is 37.4 Å². The van der Waals surface area contributed by atoms with E-state index in [0.717, 1.165) is 22.2 Å². The molecular weight excluding hydrogens is 240 g/mol. The Morgan fingerprint density at radius 2 is 1.89 bits per heavy atom. The highest BCUT2D eigenvalue weighted by Gasteiger charge is 2.12. The van der Waals surface area contributed by atoms with E-state index in [1.54, 1.807) is 22.9 Å². The molecule has 0 aliphatic heterocycles. The molecular formula is C15H12N2O2.